The van der Waals surface area contributed by atoms with Crippen LogP contribution in [0.1, 0.15) is 24.2 Å². The molecule has 2 heterocycles. The normalized spacial score (nSPS) is 22.1. The molecule has 0 saturated heterocycles. The van der Waals surface area contributed by atoms with Gasteiger partial charge in [-0.3, -0.25) is 9.59 Å². The molecule has 19 heavy (non-hydrogen) atoms. The molecule has 2 N–H and O–H groups in total. The summed E-state index contributed by atoms with van der Waals surface area (Å²) in [5, 5.41) is 10.4. The van der Waals surface area contributed by atoms with Gasteiger partial charge in [-0.1, -0.05) is 6.92 Å². The Morgan fingerprint density at radius 2 is 2.00 bits per heavy atom. The average molecular weight is 259 g/mol. The smallest absolute Gasteiger partial charge is 0.248 e. The van der Waals surface area contributed by atoms with Crippen molar-refractivity contribution in [3.8, 4) is 11.5 Å². The lowest BCUT2D eigenvalue weighted by Crippen LogP contribution is -2.34. The lowest BCUT2D eigenvalue weighted by atomic mass is 9.90. The number of hydrogen-bond donors (Lipinski definition) is 2. The second-order valence-electron chi connectivity index (χ2n) is 4.86. The summed E-state index contributed by atoms with van der Waals surface area (Å²) in [5.74, 6) is -0.0634. The highest BCUT2D eigenvalue weighted by molar-refractivity contribution is 6.12. The second-order valence-corrected chi connectivity index (χ2v) is 4.86. The van der Waals surface area contributed by atoms with Crippen LogP contribution in [-0.2, 0) is 0 Å². The molecular weight excluding hydrogens is 246 g/mol. The van der Waals surface area contributed by atoms with Crippen molar-refractivity contribution in [1.29, 1.82) is 0 Å². The number of aromatic hydroxyl groups is 1. The molecule has 1 aliphatic rings. The van der Waals surface area contributed by atoms with Crippen LogP contribution in [0.4, 0.5) is 0 Å². The van der Waals surface area contributed by atoms with Gasteiger partial charge in [-0.25, -0.2) is 0 Å². The molecule has 0 bridgehead atoms. The third-order valence-corrected chi connectivity index (χ3v) is 3.64. The van der Waals surface area contributed by atoms with Gasteiger partial charge in [-0.2, -0.15) is 0 Å². The van der Waals surface area contributed by atoms with Crippen molar-refractivity contribution in [1.82, 2.24) is 4.98 Å². The van der Waals surface area contributed by atoms with Crippen LogP contribution in [-0.4, -0.2) is 22.0 Å². The minimum atomic E-state index is -0.320. The minimum Gasteiger partial charge on any atom is -0.507 e. The number of carbonyl (C=O) groups is 1. The summed E-state index contributed by atoms with van der Waals surface area (Å²) in [6, 6.07) is 4.24. The van der Waals surface area contributed by atoms with Crippen LogP contribution in [0.3, 0.4) is 0 Å². The van der Waals surface area contributed by atoms with Crippen LogP contribution in [0.25, 0.3) is 10.9 Å². The highest BCUT2D eigenvalue weighted by atomic mass is 16.5. The van der Waals surface area contributed by atoms with Gasteiger partial charge in [0.15, 0.2) is 5.78 Å². The molecule has 1 unspecified atom stereocenters. The Morgan fingerprint density at radius 3 is 2.74 bits per heavy atom. The third-order valence-electron chi connectivity index (χ3n) is 3.64. The van der Waals surface area contributed by atoms with E-state index < -0.39 is 0 Å². The van der Waals surface area contributed by atoms with Crippen LogP contribution in [0.2, 0.25) is 0 Å². The van der Waals surface area contributed by atoms with E-state index >= 15 is 0 Å². The zero-order chi connectivity index (χ0) is 13.7. The number of phenols is 1. The van der Waals surface area contributed by atoms with E-state index in [0.29, 0.717) is 22.2 Å². The summed E-state index contributed by atoms with van der Waals surface area (Å²) in [5.41, 5.74) is 0.363. The number of aromatic amines is 1. The summed E-state index contributed by atoms with van der Waals surface area (Å²) in [6.07, 6.45) is -0.257. The van der Waals surface area contributed by atoms with Crippen molar-refractivity contribution in [2.45, 2.75) is 20.0 Å². The molecule has 1 aliphatic heterocycles. The van der Waals surface area contributed by atoms with E-state index in [4.69, 9.17) is 4.74 Å². The Kier molecular flexibility index (Phi) is 2.38. The number of aromatic nitrogens is 1. The first-order chi connectivity index (χ1) is 8.99. The van der Waals surface area contributed by atoms with Crippen LogP contribution in [0, 0.1) is 5.92 Å². The van der Waals surface area contributed by atoms with Crippen molar-refractivity contribution in [3.63, 3.8) is 0 Å². The summed E-state index contributed by atoms with van der Waals surface area (Å²) in [7, 11) is 0. The standard InChI is InChI=1S/C14H13NO4/c1-6-7(2)19-10-5-9(16)8-3-4-11(17)15-13(8)12(10)14(6)18/h3-7,16H,1-2H3,(H,15,17)/t6?,7-/m1/s1. The average Bonchev–Trinajstić information content (AvgIpc) is 2.35. The van der Waals surface area contributed by atoms with Gasteiger partial charge in [-0.05, 0) is 13.0 Å². The highest BCUT2D eigenvalue weighted by Gasteiger charge is 2.33. The predicted molar refractivity (Wildman–Crippen MR) is 69.8 cm³/mol. The topological polar surface area (TPSA) is 79.4 Å². The van der Waals surface area contributed by atoms with Crippen LogP contribution in [0.5, 0.6) is 11.5 Å². The number of phenolic OH excluding ortho intramolecular Hbond substituents is 1. The first-order valence-corrected chi connectivity index (χ1v) is 6.09. The molecular formula is C14H13NO4. The maximum Gasteiger partial charge on any atom is 0.248 e. The van der Waals surface area contributed by atoms with E-state index in [1.165, 1.54) is 18.2 Å². The summed E-state index contributed by atoms with van der Waals surface area (Å²) < 4.78 is 5.64. The highest BCUT2D eigenvalue weighted by Crippen LogP contribution is 2.39. The van der Waals surface area contributed by atoms with Crippen molar-refractivity contribution in [2.24, 2.45) is 5.92 Å². The van der Waals surface area contributed by atoms with Crippen molar-refractivity contribution < 1.29 is 14.6 Å². The van der Waals surface area contributed by atoms with Gasteiger partial charge in [0.05, 0.1) is 17.0 Å². The quantitative estimate of drug-likeness (QED) is 0.756. The Labute approximate surface area is 108 Å². The molecule has 5 heteroatoms. The molecule has 0 amide bonds. The Bertz CT molecular complexity index is 747. The number of carbonyl (C=O) groups excluding carboxylic acids is 1. The van der Waals surface area contributed by atoms with Gasteiger partial charge in [-0.15, -0.1) is 0 Å². The molecule has 1 aromatic carbocycles. The van der Waals surface area contributed by atoms with E-state index in [9.17, 15) is 14.7 Å². The molecule has 0 radical (unpaired) electrons. The van der Waals surface area contributed by atoms with E-state index in [0.717, 1.165) is 0 Å². The lowest BCUT2D eigenvalue weighted by Gasteiger charge is -2.28. The van der Waals surface area contributed by atoms with Gasteiger partial charge in [0.1, 0.15) is 17.6 Å². The van der Waals surface area contributed by atoms with Crippen molar-refractivity contribution >= 4 is 16.7 Å². The van der Waals surface area contributed by atoms with E-state index in [-0.39, 0.29) is 29.1 Å². The number of ketones is 1. The molecule has 0 aliphatic carbocycles. The third kappa shape index (κ3) is 1.62. The fourth-order valence-electron chi connectivity index (χ4n) is 2.36. The van der Waals surface area contributed by atoms with Crippen LogP contribution >= 0.6 is 0 Å². The van der Waals surface area contributed by atoms with E-state index in [1.54, 1.807) is 13.8 Å². The monoisotopic (exact) mass is 259 g/mol. The first kappa shape index (κ1) is 11.8. The van der Waals surface area contributed by atoms with Gasteiger partial charge >= 0.3 is 0 Å². The molecule has 5 nitrogen and oxygen atoms in total. The van der Waals surface area contributed by atoms with Gasteiger partial charge < -0.3 is 14.8 Å². The number of nitrogens with one attached hydrogen (secondary N) is 1. The zero-order valence-electron chi connectivity index (χ0n) is 10.6. The fourth-order valence-corrected chi connectivity index (χ4v) is 2.36. The van der Waals surface area contributed by atoms with Crippen molar-refractivity contribution in [3.05, 3.63) is 34.1 Å². The van der Waals surface area contributed by atoms with Gasteiger partial charge in [0, 0.05) is 17.5 Å². The van der Waals surface area contributed by atoms with Gasteiger partial charge in [0.25, 0.3) is 0 Å². The maximum absolute atomic E-state index is 12.4. The summed E-state index contributed by atoms with van der Waals surface area (Å²) in [6.45, 7) is 3.59. The number of fused-ring (bicyclic) bond motifs is 3. The van der Waals surface area contributed by atoms with Gasteiger partial charge in [0.2, 0.25) is 5.56 Å². The molecule has 1 aromatic heterocycles. The Hall–Kier alpha value is -2.30. The number of rotatable bonds is 0. The molecule has 2 aromatic rings. The predicted octanol–water partition coefficient (Wildman–Crippen LogP) is 1.83. The number of hydrogen-bond acceptors (Lipinski definition) is 4. The number of H-pyrrole nitrogens is 1. The number of Topliss-reactive ketones (excluding diaryl/α,β-unsaturated/α-hetero) is 1. The maximum atomic E-state index is 12.4. The second kappa shape index (κ2) is 3.85. The number of pyridine rings is 1. The SMILES string of the molecule is CC1C(=O)c2c(cc(O)c3ccc(=O)[nH]c23)O[C@@H]1C. The number of ether oxygens (including phenoxy) is 1. The number of benzene rings is 1. The molecule has 0 saturated carbocycles. The molecule has 0 spiro atoms. The summed E-state index contributed by atoms with van der Waals surface area (Å²) in [4.78, 5) is 26.4. The van der Waals surface area contributed by atoms with Crippen LogP contribution in [0.15, 0.2) is 23.0 Å². The molecule has 3 rings (SSSR count). The molecule has 0 fully saturated rings. The largest absolute Gasteiger partial charge is 0.507 e. The molecule has 98 valence electrons. The first-order valence-electron chi connectivity index (χ1n) is 6.09. The lowest BCUT2D eigenvalue weighted by molar-refractivity contribution is 0.0733. The Morgan fingerprint density at radius 1 is 1.26 bits per heavy atom. The van der Waals surface area contributed by atoms with E-state index in [1.807, 2.05) is 0 Å². The minimum absolute atomic E-state index is 0.0143. The van der Waals surface area contributed by atoms with E-state index in [2.05, 4.69) is 4.98 Å². The van der Waals surface area contributed by atoms with Crippen LogP contribution < -0.4 is 10.3 Å². The molecule has 2 atom stereocenters. The van der Waals surface area contributed by atoms with Crippen molar-refractivity contribution in [2.75, 3.05) is 0 Å². The fraction of sp³-hybridized carbons (Fsp3) is 0.286. The summed E-state index contributed by atoms with van der Waals surface area (Å²) >= 11 is 0. The Balaban J connectivity index is 2.42. The zero-order valence-corrected chi connectivity index (χ0v) is 10.6.